The van der Waals surface area contributed by atoms with Crippen LogP contribution in [0.1, 0.15) is 20.8 Å². The molecule has 11 nitrogen and oxygen atoms in total. The minimum atomic E-state index is -1.61. The molecule has 2 rings (SSSR count). The number of hydrogen-bond donors (Lipinski definition) is 7. The van der Waals surface area contributed by atoms with Crippen LogP contribution in [0, 0.1) is 0 Å². The van der Waals surface area contributed by atoms with E-state index in [0.29, 0.717) is 0 Å². The lowest BCUT2D eigenvalue weighted by Gasteiger charge is -2.43. The van der Waals surface area contributed by atoms with E-state index in [1.807, 2.05) is 0 Å². The molecule has 2 aliphatic rings. The van der Waals surface area contributed by atoms with E-state index in [0.717, 1.165) is 0 Å². The molecule has 0 amide bonds. The van der Waals surface area contributed by atoms with Crippen LogP contribution in [0.2, 0.25) is 0 Å². The third-order valence-corrected chi connectivity index (χ3v) is 4.41. The first kappa shape index (κ1) is 22.8. The van der Waals surface area contributed by atoms with Crippen molar-refractivity contribution in [3.8, 4) is 0 Å². The molecule has 7 N–H and O–H groups in total. The quantitative estimate of drug-likeness (QED) is 0.243. The van der Waals surface area contributed by atoms with Crippen molar-refractivity contribution in [3.05, 3.63) is 0 Å². The largest absolute Gasteiger partial charge is 0.394 e. The summed E-state index contributed by atoms with van der Waals surface area (Å²) in [7, 11) is 0. The summed E-state index contributed by atoms with van der Waals surface area (Å²) in [5, 5.41) is 68.8. The Morgan fingerprint density at radius 1 is 0.704 bits per heavy atom. The Morgan fingerprint density at radius 2 is 1.19 bits per heavy atom. The van der Waals surface area contributed by atoms with E-state index in [1.54, 1.807) is 20.8 Å². The summed E-state index contributed by atoms with van der Waals surface area (Å²) in [5.41, 5.74) is -0.698. The lowest BCUT2D eigenvalue weighted by atomic mass is 9.98. The van der Waals surface area contributed by atoms with Gasteiger partial charge in [-0.05, 0) is 20.8 Å². The highest BCUT2D eigenvalue weighted by molar-refractivity contribution is 4.92. The van der Waals surface area contributed by atoms with Crippen LogP contribution in [-0.2, 0) is 18.9 Å². The maximum atomic E-state index is 10.1. The third kappa shape index (κ3) is 5.34. The Balaban J connectivity index is 2.00. The van der Waals surface area contributed by atoms with Crippen LogP contribution >= 0.6 is 0 Å². The maximum absolute atomic E-state index is 10.1. The minimum Gasteiger partial charge on any atom is -0.394 e. The first-order chi connectivity index (χ1) is 12.5. The molecule has 160 valence electrons. The normalized spacial score (nSPS) is 46.4. The van der Waals surface area contributed by atoms with E-state index in [2.05, 4.69) is 0 Å². The summed E-state index contributed by atoms with van der Waals surface area (Å²) in [4.78, 5) is 0. The van der Waals surface area contributed by atoms with Crippen molar-refractivity contribution >= 4 is 0 Å². The number of aliphatic hydroxyl groups is 7. The van der Waals surface area contributed by atoms with Crippen molar-refractivity contribution in [1.29, 1.82) is 0 Å². The second kappa shape index (κ2) is 8.93. The smallest absolute Gasteiger partial charge is 0.187 e. The highest BCUT2D eigenvalue weighted by Gasteiger charge is 2.48. The van der Waals surface area contributed by atoms with Gasteiger partial charge in [-0.15, -0.1) is 0 Å². The van der Waals surface area contributed by atoms with Crippen molar-refractivity contribution in [2.45, 2.75) is 87.8 Å². The number of hydrogen-bond acceptors (Lipinski definition) is 11. The standard InChI is InChI=1S/C16H30O11/c1-16(2,3)27-15-13(23)11(21)9(19)7(26-15)5-24-14-12(22)10(20)8(18)6(4-17)25-14/h6-15,17-23H,4-5H2,1-3H3. The Kier molecular flexibility index (Phi) is 7.55. The molecule has 2 heterocycles. The summed E-state index contributed by atoms with van der Waals surface area (Å²) in [6.45, 7) is 4.16. The van der Waals surface area contributed by atoms with Crippen LogP contribution < -0.4 is 0 Å². The third-order valence-electron chi connectivity index (χ3n) is 4.41. The van der Waals surface area contributed by atoms with E-state index in [4.69, 9.17) is 18.9 Å². The number of rotatable bonds is 5. The van der Waals surface area contributed by atoms with Crippen LogP contribution in [0.25, 0.3) is 0 Å². The molecular weight excluding hydrogens is 368 g/mol. The van der Waals surface area contributed by atoms with Gasteiger partial charge in [0.2, 0.25) is 0 Å². The van der Waals surface area contributed by atoms with Gasteiger partial charge in [-0.2, -0.15) is 0 Å². The fourth-order valence-electron chi connectivity index (χ4n) is 2.89. The molecule has 0 bridgehead atoms. The number of ether oxygens (including phenoxy) is 4. The van der Waals surface area contributed by atoms with Gasteiger partial charge in [0.25, 0.3) is 0 Å². The molecule has 0 radical (unpaired) electrons. The first-order valence-electron chi connectivity index (χ1n) is 8.76. The van der Waals surface area contributed by atoms with Crippen molar-refractivity contribution in [1.82, 2.24) is 0 Å². The zero-order chi connectivity index (χ0) is 20.5. The topological polar surface area (TPSA) is 179 Å². The summed E-state index contributed by atoms with van der Waals surface area (Å²) in [5.74, 6) is 0. The SMILES string of the molecule is CC(C)(C)OC1OC(COC2OC(CO)C(O)C(O)C2O)C(O)C(O)C1O. The lowest BCUT2D eigenvalue weighted by molar-refractivity contribution is -0.340. The second-order valence-corrected chi connectivity index (χ2v) is 7.78. The molecule has 10 unspecified atom stereocenters. The fourth-order valence-corrected chi connectivity index (χ4v) is 2.89. The summed E-state index contributed by atoms with van der Waals surface area (Å²) < 4.78 is 21.5. The van der Waals surface area contributed by atoms with Crippen LogP contribution in [0.4, 0.5) is 0 Å². The highest BCUT2D eigenvalue weighted by atomic mass is 16.7. The van der Waals surface area contributed by atoms with E-state index < -0.39 is 80.2 Å². The van der Waals surface area contributed by atoms with Gasteiger partial charge < -0.3 is 54.7 Å². The van der Waals surface area contributed by atoms with E-state index >= 15 is 0 Å². The summed E-state index contributed by atoms with van der Waals surface area (Å²) in [6.07, 6.45) is -14.2. The summed E-state index contributed by atoms with van der Waals surface area (Å²) in [6, 6.07) is 0. The van der Waals surface area contributed by atoms with Gasteiger partial charge in [0.05, 0.1) is 18.8 Å². The number of aliphatic hydroxyl groups excluding tert-OH is 7. The average Bonchev–Trinajstić information content (AvgIpc) is 2.59. The Bertz CT molecular complexity index is 468. The van der Waals surface area contributed by atoms with Gasteiger partial charge in [0.15, 0.2) is 12.6 Å². The van der Waals surface area contributed by atoms with Crippen LogP contribution in [-0.4, -0.2) is 116 Å². The molecule has 2 fully saturated rings. The predicted molar refractivity (Wildman–Crippen MR) is 87.2 cm³/mol. The van der Waals surface area contributed by atoms with Crippen LogP contribution in [0.5, 0.6) is 0 Å². The second-order valence-electron chi connectivity index (χ2n) is 7.78. The van der Waals surface area contributed by atoms with Gasteiger partial charge in [-0.25, -0.2) is 0 Å². The molecule has 10 atom stereocenters. The molecule has 0 aromatic rings. The molecule has 0 spiro atoms. The monoisotopic (exact) mass is 398 g/mol. The van der Waals surface area contributed by atoms with Crippen molar-refractivity contribution < 1.29 is 54.7 Å². The Morgan fingerprint density at radius 3 is 1.70 bits per heavy atom. The fraction of sp³-hybridized carbons (Fsp3) is 1.00. The molecule has 0 aliphatic carbocycles. The Labute approximate surface area is 156 Å². The van der Waals surface area contributed by atoms with Gasteiger partial charge in [0, 0.05) is 0 Å². The van der Waals surface area contributed by atoms with Crippen molar-refractivity contribution in [3.63, 3.8) is 0 Å². The average molecular weight is 398 g/mol. The predicted octanol–water partition coefficient (Wildman–Crippen LogP) is -3.57. The Hall–Kier alpha value is -0.440. The van der Waals surface area contributed by atoms with Crippen LogP contribution in [0.15, 0.2) is 0 Å². The van der Waals surface area contributed by atoms with Gasteiger partial charge in [-0.1, -0.05) is 0 Å². The molecule has 2 saturated heterocycles. The van der Waals surface area contributed by atoms with Gasteiger partial charge in [-0.3, -0.25) is 0 Å². The van der Waals surface area contributed by atoms with Crippen molar-refractivity contribution in [2.75, 3.05) is 13.2 Å². The van der Waals surface area contributed by atoms with Gasteiger partial charge >= 0.3 is 0 Å². The molecule has 2 aliphatic heterocycles. The summed E-state index contributed by atoms with van der Waals surface area (Å²) >= 11 is 0. The first-order valence-corrected chi connectivity index (χ1v) is 8.76. The zero-order valence-corrected chi connectivity index (χ0v) is 15.5. The lowest BCUT2D eigenvalue weighted by Crippen LogP contribution is -2.62. The maximum Gasteiger partial charge on any atom is 0.187 e. The molecule has 0 saturated carbocycles. The highest BCUT2D eigenvalue weighted by Crippen LogP contribution is 2.27. The molecule has 11 heteroatoms. The minimum absolute atomic E-state index is 0.391. The van der Waals surface area contributed by atoms with Gasteiger partial charge in [0.1, 0.15) is 48.8 Å². The van der Waals surface area contributed by atoms with E-state index in [9.17, 15) is 35.7 Å². The van der Waals surface area contributed by atoms with E-state index in [-0.39, 0.29) is 0 Å². The zero-order valence-electron chi connectivity index (χ0n) is 15.5. The molecule has 27 heavy (non-hydrogen) atoms. The van der Waals surface area contributed by atoms with Crippen molar-refractivity contribution in [2.24, 2.45) is 0 Å². The molecular formula is C16H30O11. The van der Waals surface area contributed by atoms with Crippen LogP contribution in [0.3, 0.4) is 0 Å². The molecule has 0 aromatic carbocycles. The van der Waals surface area contributed by atoms with E-state index in [1.165, 1.54) is 0 Å². The molecule has 0 aromatic heterocycles.